The molecule has 5 rings (SSSR count). The fraction of sp³-hybridized carbons (Fsp3) is 0.261. The number of nitrogens with one attached hydrogen (secondary N) is 2. The van der Waals surface area contributed by atoms with Crippen molar-refractivity contribution in [3.8, 4) is 16.8 Å². The molecule has 170 valence electrons. The lowest BCUT2D eigenvalue weighted by molar-refractivity contribution is 0.102. The maximum atomic E-state index is 13.0. The van der Waals surface area contributed by atoms with Crippen LogP contribution in [0.25, 0.3) is 15.9 Å². The van der Waals surface area contributed by atoms with Gasteiger partial charge in [-0.25, -0.2) is 4.98 Å². The number of hydrogen-bond donors (Lipinski definition) is 3. The summed E-state index contributed by atoms with van der Waals surface area (Å²) in [5.41, 5.74) is 1.85. The fourth-order valence-electron chi connectivity index (χ4n) is 4.02. The number of aromatic hydroxyl groups is 1. The van der Waals surface area contributed by atoms with Crippen LogP contribution < -0.4 is 20.3 Å². The zero-order chi connectivity index (χ0) is 22.9. The molecule has 1 aromatic carbocycles. The summed E-state index contributed by atoms with van der Waals surface area (Å²) < 4.78 is 6.82. The Labute approximate surface area is 194 Å². The van der Waals surface area contributed by atoms with Crippen LogP contribution >= 0.6 is 11.3 Å². The average Bonchev–Trinajstić information content (AvgIpc) is 3.44. The molecule has 4 heterocycles. The lowest BCUT2D eigenvalue weighted by Crippen LogP contribution is -2.49. The van der Waals surface area contributed by atoms with Gasteiger partial charge in [-0.1, -0.05) is 0 Å². The molecule has 3 aromatic heterocycles. The van der Waals surface area contributed by atoms with E-state index in [2.05, 4.69) is 32.4 Å². The number of rotatable bonds is 5. The third-order valence-electron chi connectivity index (χ3n) is 5.68. The van der Waals surface area contributed by atoms with E-state index < -0.39 is 0 Å². The molecule has 1 fully saturated rings. The molecule has 10 heteroatoms. The topological polar surface area (TPSA) is 105 Å². The molecule has 1 saturated heterocycles. The Morgan fingerprint density at radius 3 is 3.06 bits per heavy atom. The van der Waals surface area contributed by atoms with E-state index in [1.165, 1.54) is 11.3 Å². The van der Waals surface area contributed by atoms with E-state index in [1.54, 1.807) is 41.7 Å². The molecule has 0 spiro atoms. The highest BCUT2D eigenvalue weighted by atomic mass is 32.1. The summed E-state index contributed by atoms with van der Waals surface area (Å²) in [5.74, 6) is 0.376. The first-order chi connectivity index (χ1) is 16.0. The van der Waals surface area contributed by atoms with E-state index in [-0.39, 0.29) is 17.5 Å². The van der Waals surface area contributed by atoms with Crippen LogP contribution in [-0.2, 0) is 0 Å². The van der Waals surface area contributed by atoms with Crippen LogP contribution in [0.5, 0.6) is 11.6 Å². The fourth-order valence-corrected chi connectivity index (χ4v) is 4.80. The molecule has 0 radical (unpaired) electrons. The van der Waals surface area contributed by atoms with Crippen molar-refractivity contribution in [1.29, 1.82) is 0 Å². The Bertz CT molecular complexity index is 1320. The molecule has 1 atom stereocenters. The summed E-state index contributed by atoms with van der Waals surface area (Å²) in [6.45, 7) is 4.72. The number of piperazine rings is 1. The van der Waals surface area contributed by atoms with Gasteiger partial charge in [-0.2, -0.15) is 0 Å². The van der Waals surface area contributed by atoms with Gasteiger partial charge in [0, 0.05) is 54.2 Å². The van der Waals surface area contributed by atoms with Crippen molar-refractivity contribution in [3.63, 3.8) is 0 Å². The normalized spacial score (nSPS) is 16.2. The van der Waals surface area contributed by atoms with Crippen molar-refractivity contribution in [3.05, 3.63) is 53.9 Å². The number of nitrogens with zero attached hydrogens (tertiary/aromatic N) is 4. The average molecular weight is 465 g/mol. The van der Waals surface area contributed by atoms with Crippen LogP contribution in [0.1, 0.15) is 17.4 Å². The molecule has 4 aromatic rings. The Balaban J connectivity index is 1.39. The lowest BCUT2D eigenvalue weighted by Gasteiger charge is -2.34. The van der Waals surface area contributed by atoms with Gasteiger partial charge in [0.15, 0.2) is 5.13 Å². The van der Waals surface area contributed by atoms with Crippen molar-refractivity contribution in [1.82, 2.24) is 19.9 Å². The van der Waals surface area contributed by atoms with E-state index in [9.17, 15) is 9.90 Å². The predicted molar refractivity (Wildman–Crippen MR) is 129 cm³/mol. The molecule has 33 heavy (non-hydrogen) atoms. The Morgan fingerprint density at radius 1 is 1.36 bits per heavy atom. The monoisotopic (exact) mass is 464 g/mol. The number of aromatic nitrogens is 3. The molecule has 0 bridgehead atoms. The summed E-state index contributed by atoms with van der Waals surface area (Å²) in [4.78, 5) is 23.9. The molecule has 3 N–H and O–H groups in total. The van der Waals surface area contributed by atoms with Gasteiger partial charge in [-0.15, -0.1) is 11.3 Å². The molecule has 1 aliphatic rings. The summed E-state index contributed by atoms with van der Waals surface area (Å²) in [5, 5.41) is 20.8. The second kappa shape index (κ2) is 8.72. The second-order valence-electron chi connectivity index (χ2n) is 7.94. The molecule has 0 aliphatic carbocycles. The summed E-state index contributed by atoms with van der Waals surface area (Å²) in [6, 6.07) is 7.74. The number of fused-ring (bicyclic) bond motifs is 1. The minimum Gasteiger partial charge on any atom is -0.497 e. The zero-order valence-electron chi connectivity index (χ0n) is 18.3. The van der Waals surface area contributed by atoms with Gasteiger partial charge in [0.1, 0.15) is 11.4 Å². The number of anilines is 2. The number of methoxy groups -OCH3 is 1. The number of benzene rings is 1. The van der Waals surface area contributed by atoms with Crippen molar-refractivity contribution >= 4 is 39.4 Å². The molecule has 0 unspecified atom stereocenters. The van der Waals surface area contributed by atoms with E-state index in [0.717, 1.165) is 30.7 Å². The van der Waals surface area contributed by atoms with Gasteiger partial charge in [-0.3, -0.25) is 14.3 Å². The van der Waals surface area contributed by atoms with Gasteiger partial charge in [0.05, 0.1) is 24.7 Å². The SMILES string of the molecule is COc1ccc2cn(-c3nc(C(=O)Nc4cnccc4N4CCN[C@@H](C)C4)cs3)c(O)c2c1. The molecule has 0 saturated carbocycles. The van der Waals surface area contributed by atoms with E-state index in [1.807, 2.05) is 18.2 Å². The quantitative estimate of drug-likeness (QED) is 0.416. The van der Waals surface area contributed by atoms with Crippen molar-refractivity contribution < 1.29 is 14.6 Å². The van der Waals surface area contributed by atoms with Gasteiger partial charge in [0.2, 0.25) is 5.88 Å². The highest BCUT2D eigenvalue weighted by Crippen LogP contribution is 2.34. The molecule has 9 nitrogen and oxygen atoms in total. The van der Waals surface area contributed by atoms with Crippen LogP contribution in [0.2, 0.25) is 0 Å². The first-order valence-corrected chi connectivity index (χ1v) is 11.5. The minimum absolute atomic E-state index is 0.0487. The molecule has 1 aliphatic heterocycles. The smallest absolute Gasteiger partial charge is 0.275 e. The Hall–Kier alpha value is -3.63. The number of amides is 1. The van der Waals surface area contributed by atoms with Crippen LogP contribution in [0, 0.1) is 0 Å². The van der Waals surface area contributed by atoms with E-state index >= 15 is 0 Å². The van der Waals surface area contributed by atoms with Crippen molar-refractivity contribution in [2.45, 2.75) is 13.0 Å². The maximum Gasteiger partial charge on any atom is 0.275 e. The summed E-state index contributed by atoms with van der Waals surface area (Å²) in [6.07, 6.45) is 5.17. The highest BCUT2D eigenvalue weighted by molar-refractivity contribution is 7.12. The number of thiazole rings is 1. The maximum absolute atomic E-state index is 13.0. The standard InChI is InChI=1S/C23H24N6O3S/c1-14-11-28(8-7-25-14)20-5-6-24-10-18(20)26-21(30)19-13-33-23(27-19)29-12-15-3-4-16(32-2)9-17(15)22(29)31/h3-6,9-10,12-14,25,31H,7-8,11H2,1-2H3,(H,26,30)/t14-/m0/s1. The van der Waals surface area contributed by atoms with Crippen molar-refractivity contribution in [2.24, 2.45) is 0 Å². The highest BCUT2D eigenvalue weighted by Gasteiger charge is 2.21. The lowest BCUT2D eigenvalue weighted by atomic mass is 10.2. The van der Waals surface area contributed by atoms with Gasteiger partial charge < -0.3 is 25.4 Å². The number of pyridine rings is 1. The number of carbonyl (C=O) groups is 1. The third kappa shape index (κ3) is 4.10. The van der Waals surface area contributed by atoms with E-state index in [4.69, 9.17) is 4.74 Å². The number of ether oxygens (including phenoxy) is 1. The van der Waals surface area contributed by atoms with Gasteiger partial charge >= 0.3 is 0 Å². The minimum atomic E-state index is -0.326. The number of carbonyl (C=O) groups excluding carboxylic acids is 1. The Kier molecular flexibility index (Phi) is 5.61. The second-order valence-corrected chi connectivity index (χ2v) is 8.78. The van der Waals surface area contributed by atoms with Gasteiger partial charge in [-0.05, 0) is 31.2 Å². The van der Waals surface area contributed by atoms with Crippen LogP contribution in [0.3, 0.4) is 0 Å². The first kappa shape index (κ1) is 21.2. The molecular weight excluding hydrogens is 440 g/mol. The first-order valence-electron chi connectivity index (χ1n) is 10.6. The summed E-state index contributed by atoms with van der Waals surface area (Å²) >= 11 is 1.28. The molecular formula is C23H24N6O3S. The summed E-state index contributed by atoms with van der Waals surface area (Å²) in [7, 11) is 1.58. The number of hydrogen-bond acceptors (Lipinski definition) is 8. The largest absolute Gasteiger partial charge is 0.497 e. The predicted octanol–water partition coefficient (Wildman–Crippen LogP) is 3.25. The third-order valence-corrected chi connectivity index (χ3v) is 6.52. The van der Waals surface area contributed by atoms with E-state index in [0.29, 0.717) is 28.0 Å². The molecule has 1 amide bonds. The van der Waals surface area contributed by atoms with Crippen LogP contribution in [-0.4, -0.2) is 58.3 Å². The van der Waals surface area contributed by atoms with Crippen LogP contribution in [0.4, 0.5) is 11.4 Å². The van der Waals surface area contributed by atoms with Crippen LogP contribution in [0.15, 0.2) is 48.2 Å². The van der Waals surface area contributed by atoms with Gasteiger partial charge in [0.25, 0.3) is 5.91 Å². The van der Waals surface area contributed by atoms with Crippen molar-refractivity contribution in [2.75, 3.05) is 37.0 Å². The zero-order valence-corrected chi connectivity index (χ0v) is 19.1. The Morgan fingerprint density at radius 2 is 2.24 bits per heavy atom.